The van der Waals surface area contributed by atoms with E-state index in [0.29, 0.717) is 56.9 Å². The Labute approximate surface area is 227 Å². The van der Waals surface area contributed by atoms with Gasteiger partial charge in [0, 0.05) is 35.3 Å². The first-order valence-corrected chi connectivity index (χ1v) is 12.7. The quantitative estimate of drug-likeness (QED) is 0.222. The van der Waals surface area contributed by atoms with Gasteiger partial charge < -0.3 is 10.3 Å². The van der Waals surface area contributed by atoms with Crippen molar-refractivity contribution in [2.45, 2.75) is 27.2 Å². The number of nitrogens with one attached hydrogen (secondary N) is 3. The molecule has 40 heavy (non-hydrogen) atoms. The highest BCUT2D eigenvalue weighted by Crippen LogP contribution is 2.34. The molecule has 10 heteroatoms. The van der Waals surface area contributed by atoms with Gasteiger partial charge in [-0.05, 0) is 59.5 Å². The number of imidazole rings is 1. The topological polar surface area (TPSA) is 112 Å². The predicted molar refractivity (Wildman–Crippen MR) is 150 cm³/mol. The SMILES string of the molecule is CC(C)(C)CC(=O)Nc1cncc(-c2cc(F)c3n[nH]c(-c4nc5c(-c6ccc(F)cc6)nccc5[nH]4)c3c2)c1. The summed E-state index contributed by atoms with van der Waals surface area (Å²) >= 11 is 0. The fraction of sp³-hybridized carbons (Fsp3) is 0.167. The number of rotatable bonds is 5. The lowest BCUT2D eigenvalue weighted by molar-refractivity contribution is -0.117. The molecule has 4 aromatic heterocycles. The van der Waals surface area contributed by atoms with Gasteiger partial charge in [-0.2, -0.15) is 5.10 Å². The third kappa shape index (κ3) is 4.91. The van der Waals surface area contributed by atoms with Crippen molar-refractivity contribution in [2.24, 2.45) is 5.41 Å². The summed E-state index contributed by atoms with van der Waals surface area (Å²) in [4.78, 5) is 29.1. The maximum Gasteiger partial charge on any atom is 0.224 e. The van der Waals surface area contributed by atoms with Crippen molar-refractivity contribution in [1.29, 1.82) is 0 Å². The molecule has 0 saturated heterocycles. The number of fused-ring (bicyclic) bond motifs is 2. The Bertz CT molecular complexity index is 1880. The van der Waals surface area contributed by atoms with E-state index in [1.54, 1.807) is 48.9 Å². The highest BCUT2D eigenvalue weighted by Gasteiger charge is 2.19. The molecule has 6 aromatic rings. The smallest absolute Gasteiger partial charge is 0.224 e. The zero-order valence-corrected chi connectivity index (χ0v) is 22.0. The van der Waals surface area contributed by atoms with Crippen LogP contribution in [0.5, 0.6) is 0 Å². The molecule has 4 heterocycles. The Hall–Kier alpha value is -4.99. The number of hydrogen-bond acceptors (Lipinski definition) is 5. The van der Waals surface area contributed by atoms with Crippen LogP contribution in [0.2, 0.25) is 0 Å². The highest BCUT2D eigenvalue weighted by molar-refractivity contribution is 5.98. The highest BCUT2D eigenvalue weighted by atomic mass is 19.1. The van der Waals surface area contributed by atoms with Crippen molar-refractivity contribution in [2.75, 3.05) is 5.32 Å². The van der Waals surface area contributed by atoms with Gasteiger partial charge in [0.15, 0.2) is 11.6 Å². The average Bonchev–Trinajstić information content (AvgIpc) is 3.52. The van der Waals surface area contributed by atoms with Crippen LogP contribution in [0.25, 0.3) is 55.8 Å². The Morgan fingerprint density at radius 2 is 1.75 bits per heavy atom. The van der Waals surface area contributed by atoms with Gasteiger partial charge >= 0.3 is 0 Å². The van der Waals surface area contributed by atoms with E-state index in [9.17, 15) is 9.18 Å². The number of benzene rings is 2. The third-order valence-electron chi connectivity index (χ3n) is 6.41. The number of carbonyl (C=O) groups is 1. The second-order valence-corrected chi connectivity index (χ2v) is 10.8. The number of carbonyl (C=O) groups excluding carboxylic acids is 1. The summed E-state index contributed by atoms with van der Waals surface area (Å²) in [6, 6.07) is 12.8. The van der Waals surface area contributed by atoms with Crippen LogP contribution in [0.15, 0.2) is 67.1 Å². The van der Waals surface area contributed by atoms with E-state index < -0.39 is 5.82 Å². The molecule has 0 saturated carbocycles. The van der Waals surface area contributed by atoms with Crippen LogP contribution in [0.3, 0.4) is 0 Å². The lowest BCUT2D eigenvalue weighted by Crippen LogP contribution is -2.19. The zero-order valence-electron chi connectivity index (χ0n) is 22.0. The molecule has 3 N–H and O–H groups in total. The molecule has 0 aliphatic heterocycles. The maximum atomic E-state index is 15.2. The molecular weight excluding hydrogens is 512 g/mol. The molecule has 0 aliphatic carbocycles. The number of aromatic amines is 2. The lowest BCUT2D eigenvalue weighted by Gasteiger charge is -2.17. The second kappa shape index (κ2) is 9.64. The molecule has 2 aromatic carbocycles. The number of pyridine rings is 2. The Kier molecular flexibility index (Phi) is 6.10. The third-order valence-corrected chi connectivity index (χ3v) is 6.41. The number of amides is 1. The van der Waals surface area contributed by atoms with Gasteiger partial charge in [-0.1, -0.05) is 20.8 Å². The van der Waals surface area contributed by atoms with Crippen molar-refractivity contribution in [3.8, 4) is 33.9 Å². The Morgan fingerprint density at radius 3 is 2.52 bits per heavy atom. The molecule has 1 amide bonds. The van der Waals surface area contributed by atoms with E-state index in [1.165, 1.54) is 18.2 Å². The van der Waals surface area contributed by atoms with Crippen LogP contribution in [-0.4, -0.2) is 36.0 Å². The normalized spacial score (nSPS) is 11.8. The lowest BCUT2D eigenvalue weighted by atomic mass is 9.92. The van der Waals surface area contributed by atoms with Crippen molar-refractivity contribution in [3.63, 3.8) is 0 Å². The second-order valence-electron chi connectivity index (χ2n) is 10.8. The van der Waals surface area contributed by atoms with E-state index in [4.69, 9.17) is 4.98 Å². The number of halogens is 2. The molecule has 8 nitrogen and oxygen atoms in total. The van der Waals surface area contributed by atoms with Gasteiger partial charge in [0.25, 0.3) is 0 Å². The molecule has 200 valence electrons. The van der Waals surface area contributed by atoms with Gasteiger partial charge in [0.2, 0.25) is 5.91 Å². The monoisotopic (exact) mass is 537 g/mol. The van der Waals surface area contributed by atoms with Gasteiger partial charge in [0.1, 0.15) is 22.5 Å². The van der Waals surface area contributed by atoms with Crippen LogP contribution in [-0.2, 0) is 4.79 Å². The number of nitrogens with zero attached hydrogens (tertiary/aromatic N) is 4. The Balaban J connectivity index is 1.39. The van der Waals surface area contributed by atoms with Crippen LogP contribution in [0.4, 0.5) is 14.5 Å². The molecule has 0 fully saturated rings. The molecule has 6 rings (SSSR count). The van der Waals surface area contributed by atoms with E-state index in [-0.39, 0.29) is 22.7 Å². The molecule has 0 unspecified atom stereocenters. The van der Waals surface area contributed by atoms with Gasteiger partial charge in [0.05, 0.1) is 23.1 Å². The van der Waals surface area contributed by atoms with E-state index >= 15 is 4.39 Å². The minimum absolute atomic E-state index is 0.121. The van der Waals surface area contributed by atoms with Gasteiger partial charge in [-0.25, -0.2) is 13.8 Å². The average molecular weight is 538 g/mol. The summed E-state index contributed by atoms with van der Waals surface area (Å²) in [5.41, 5.74) is 4.84. The van der Waals surface area contributed by atoms with Crippen molar-refractivity contribution in [1.82, 2.24) is 30.1 Å². The summed E-state index contributed by atoms with van der Waals surface area (Å²) in [6.07, 6.45) is 5.17. The molecular formula is C30H25F2N7O. The maximum absolute atomic E-state index is 15.2. The summed E-state index contributed by atoms with van der Waals surface area (Å²) in [7, 11) is 0. The van der Waals surface area contributed by atoms with Gasteiger partial charge in [-0.15, -0.1) is 0 Å². The fourth-order valence-electron chi connectivity index (χ4n) is 4.65. The van der Waals surface area contributed by atoms with Crippen LogP contribution in [0.1, 0.15) is 27.2 Å². The van der Waals surface area contributed by atoms with E-state index in [2.05, 4.69) is 30.5 Å². The van der Waals surface area contributed by atoms with Crippen molar-refractivity contribution < 1.29 is 13.6 Å². The predicted octanol–water partition coefficient (Wildman–Crippen LogP) is 6.88. The first kappa shape index (κ1) is 25.3. The Morgan fingerprint density at radius 1 is 0.950 bits per heavy atom. The molecule has 0 atom stereocenters. The van der Waals surface area contributed by atoms with E-state index in [0.717, 1.165) is 5.56 Å². The molecule has 0 aliphatic rings. The number of H-pyrrole nitrogens is 2. The molecule has 0 radical (unpaired) electrons. The number of anilines is 1. The summed E-state index contributed by atoms with van der Waals surface area (Å²) in [5.74, 6) is -0.522. The first-order valence-electron chi connectivity index (χ1n) is 12.7. The van der Waals surface area contributed by atoms with Crippen molar-refractivity contribution in [3.05, 3.63) is 78.8 Å². The van der Waals surface area contributed by atoms with Crippen LogP contribution >= 0.6 is 0 Å². The zero-order chi connectivity index (χ0) is 28.0. The summed E-state index contributed by atoms with van der Waals surface area (Å²) in [5, 5.41) is 10.5. The van der Waals surface area contributed by atoms with Crippen molar-refractivity contribution >= 4 is 33.5 Å². The van der Waals surface area contributed by atoms with Crippen LogP contribution in [0, 0.1) is 17.0 Å². The molecule has 0 bridgehead atoms. The van der Waals surface area contributed by atoms with Gasteiger partial charge in [-0.3, -0.25) is 19.9 Å². The first-order chi connectivity index (χ1) is 19.1. The standard InChI is InChI=1S/C30H25F2N7O/c1-30(2,3)13-24(40)35-20-10-18(14-33-15-20)17-11-21-26(22(32)12-17)38-39-27(21)29-36-23-8-9-34-25(28(23)37-29)16-4-6-19(31)7-5-16/h4-12,14-15H,13H2,1-3H3,(H,35,40)(H,36,37)(H,38,39). The summed E-state index contributed by atoms with van der Waals surface area (Å²) in [6.45, 7) is 5.97. The number of aromatic nitrogens is 6. The van der Waals surface area contributed by atoms with E-state index in [1.807, 2.05) is 20.8 Å². The van der Waals surface area contributed by atoms with Crippen LogP contribution < -0.4 is 5.32 Å². The molecule has 0 spiro atoms. The fourth-order valence-corrected chi connectivity index (χ4v) is 4.65. The summed E-state index contributed by atoms with van der Waals surface area (Å²) < 4.78 is 28.7. The minimum atomic E-state index is -0.512. The number of hydrogen-bond donors (Lipinski definition) is 3. The minimum Gasteiger partial charge on any atom is -0.337 e. The largest absolute Gasteiger partial charge is 0.337 e.